The van der Waals surface area contributed by atoms with Crippen LogP contribution in [-0.4, -0.2) is 11.8 Å². The monoisotopic (exact) mass is 111 g/mol. The van der Waals surface area contributed by atoms with Gasteiger partial charge in [0.05, 0.1) is 0 Å². The molecule has 1 nitrogen and oxygen atoms in total. The van der Waals surface area contributed by atoms with Crippen molar-refractivity contribution in [2.45, 2.75) is 39.2 Å². The minimum atomic E-state index is 0.662. The second-order valence-corrected chi connectivity index (χ2v) is 2.47. The second-order valence-electron chi connectivity index (χ2n) is 2.47. The molecule has 0 spiro atoms. The van der Waals surface area contributed by atoms with Gasteiger partial charge in [-0.15, -0.1) is 0 Å². The molecular formula is C7H13N. The standard InChI is InChI=1S/C7H13N/c1-3-7-5-4-6(2)8-7/h7H,3-5H2,1-2H3. The van der Waals surface area contributed by atoms with E-state index in [0.29, 0.717) is 6.04 Å². The average molecular weight is 111 g/mol. The lowest BCUT2D eigenvalue weighted by atomic mass is 10.1. The van der Waals surface area contributed by atoms with E-state index in [-0.39, 0.29) is 0 Å². The third kappa shape index (κ3) is 1.09. The third-order valence-electron chi connectivity index (χ3n) is 1.71. The van der Waals surface area contributed by atoms with Crippen molar-refractivity contribution >= 4 is 5.71 Å². The van der Waals surface area contributed by atoms with Gasteiger partial charge in [0.2, 0.25) is 0 Å². The van der Waals surface area contributed by atoms with E-state index in [9.17, 15) is 0 Å². The molecule has 0 fully saturated rings. The van der Waals surface area contributed by atoms with Crippen LogP contribution in [0, 0.1) is 0 Å². The van der Waals surface area contributed by atoms with E-state index in [0.717, 1.165) is 0 Å². The van der Waals surface area contributed by atoms with E-state index < -0.39 is 0 Å². The van der Waals surface area contributed by atoms with Crippen molar-refractivity contribution in [3.05, 3.63) is 0 Å². The van der Waals surface area contributed by atoms with Crippen LogP contribution in [0.3, 0.4) is 0 Å². The molecule has 46 valence electrons. The maximum atomic E-state index is 4.42. The molecule has 0 saturated carbocycles. The fourth-order valence-electron chi connectivity index (χ4n) is 1.11. The van der Waals surface area contributed by atoms with Gasteiger partial charge in [-0.25, -0.2) is 0 Å². The molecular weight excluding hydrogens is 98.1 g/mol. The van der Waals surface area contributed by atoms with Crippen LogP contribution in [0.4, 0.5) is 0 Å². The van der Waals surface area contributed by atoms with E-state index in [1.807, 2.05) is 0 Å². The summed E-state index contributed by atoms with van der Waals surface area (Å²) in [7, 11) is 0. The molecule has 1 rings (SSSR count). The van der Waals surface area contributed by atoms with E-state index in [1.54, 1.807) is 0 Å². The summed E-state index contributed by atoms with van der Waals surface area (Å²) < 4.78 is 0. The fourth-order valence-corrected chi connectivity index (χ4v) is 1.11. The number of rotatable bonds is 1. The molecule has 0 amide bonds. The van der Waals surface area contributed by atoms with E-state index >= 15 is 0 Å². The zero-order valence-electron chi connectivity index (χ0n) is 5.65. The fraction of sp³-hybridized carbons (Fsp3) is 0.857. The summed E-state index contributed by atoms with van der Waals surface area (Å²) in [5, 5.41) is 0. The zero-order chi connectivity index (χ0) is 5.98. The minimum absolute atomic E-state index is 0.662. The molecule has 1 heteroatoms. The number of aliphatic imine (C=N–C) groups is 1. The van der Waals surface area contributed by atoms with Crippen molar-refractivity contribution in [3.63, 3.8) is 0 Å². The molecule has 1 aliphatic rings. The van der Waals surface area contributed by atoms with Crippen LogP contribution < -0.4 is 0 Å². The zero-order valence-corrected chi connectivity index (χ0v) is 5.65. The van der Waals surface area contributed by atoms with Gasteiger partial charge in [0, 0.05) is 11.8 Å². The van der Waals surface area contributed by atoms with Gasteiger partial charge in [-0.3, -0.25) is 4.99 Å². The predicted molar refractivity (Wildman–Crippen MR) is 36.4 cm³/mol. The third-order valence-corrected chi connectivity index (χ3v) is 1.71. The highest BCUT2D eigenvalue weighted by molar-refractivity contribution is 5.83. The van der Waals surface area contributed by atoms with E-state index in [4.69, 9.17) is 0 Å². The quantitative estimate of drug-likeness (QED) is 0.491. The topological polar surface area (TPSA) is 12.4 Å². The molecule has 0 aliphatic carbocycles. The molecule has 1 aliphatic heterocycles. The largest absolute Gasteiger partial charge is 0.291 e. The SMILES string of the molecule is CCC1CCC(C)=N1. The Morgan fingerprint density at radius 1 is 1.75 bits per heavy atom. The summed E-state index contributed by atoms with van der Waals surface area (Å²) >= 11 is 0. The van der Waals surface area contributed by atoms with Crippen molar-refractivity contribution in [2.24, 2.45) is 4.99 Å². The Morgan fingerprint density at radius 3 is 2.75 bits per heavy atom. The van der Waals surface area contributed by atoms with Crippen LogP contribution in [0.2, 0.25) is 0 Å². The molecule has 0 aromatic rings. The molecule has 1 atom stereocenters. The van der Waals surface area contributed by atoms with Gasteiger partial charge in [-0.05, 0) is 26.2 Å². The smallest absolute Gasteiger partial charge is 0.0499 e. The van der Waals surface area contributed by atoms with Gasteiger partial charge in [-0.1, -0.05) is 6.92 Å². The highest BCUT2D eigenvalue weighted by Crippen LogP contribution is 2.14. The number of hydrogen-bond donors (Lipinski definition) is 0. The van der Waals surface area contributed by atoms with Crippen molar-refractivity contribution in [1.82, 2.24) is 0 Å². The van der Waals surface area contributed by atoms with Crippen LogP contribution in [0.25, 0.3) is 0 Å². The van der Waals surface area contributed by atoms with Crippen molar-refractivity contribution in [3.8, 4) is 0 Å². The molecule has 0 saturated heterocycles. The van der Waals surface area contributed by atoms with Gasteiger partial charge in [0.1, 0.15) is 0 Å². The van der Waals surface area contributed by atoms with Crippen LogP contribution >= 0.6 is 0 Å². The highest BCUT2D eigenvalue weighted by atomic mass is 14.8. The number of nitrogens with zero attached hydrogens (tertiary/aromatic N) is 1. The lowest BCUT2D eigenvalue weighted by molar-refractivity contribution is 0.649. The minimum Gasteiger partial charge on any atom is -0.291 e. The first-order valence-corrected chi connectivity index (χ1v) is 3.36. The lowest BCUT2D eigenvalue weighted by Crippen LogP contribution is -1.93. The van der Waals surface area contributed by atoms with E-state index in [1.165, 1.54) is 25.0 Å². The Bertz CT molecular complexity index is 105. The Balaban J connectivity index is 2.41. The summed E-state index contributed by atoms with van der Waals surface area (Å²) in [6, 6.07) is 0.662. The van der Waals surface area contributed by atoms with Gasteiger partial charge >= 0.3 is 0 Å². The Kier molecular flexibility index (Phi) is 1.66. The Labute approximate surface area is 50.8 Å². The Hall–Kier alpha value is -0.330. The highest BCUT2D eigenvalue weighted by Gasteiger charge is 2.10. The summed E-state index contributed by atoms with van der Waals surface area (Å²) in [6.45, 7) is 4.32. The lowest BCUT2D eigenvalue weighted by Gasteiger charge is -1.97. The van der Waals surface area contributed by atoms with Crippen LogP contribution in [0.1, 0.15) is 33.1 Å². The summed E-state index contributed by atoms with van der Waals surface area (Å²) in [4.78, 5) is 4.42. The first kappa shape index (κ1) is 5.80. The first-order chi connectivity index (χ1) is 3.83. The molecule has 0 radical (unpaired) electrons. The first-order valence-electron chi connectivity index (χ1n) is 3.36. The van der Waals surface area contributed by atoms with Gasteiger partial charge < -0.3 is 0 Å². The van der Waals surface area contributed by atoms with Crippen molar-refractivity contribution in [2.75, 3.05) is 0 Å². The van der Waals surface area contributed by atoms with Crippen molar-refractivity contribution < 1.29 is 0 Å². The maximum Gasteiger partial charge on any atom is 0.0499 e. The molecule has 0 aromatic heterocycles. The van der Waals surface area contributed by atoms with Crippen molar-refractivity contribution in [1.29, 1.82) is 0 Å². The van der Waals surface area contributed by atoms with Gasteiger partial charge in [0.25, 0.3) is 0 Å². The molecule has 8 heavy (non-hydrogen) atoms. The average Bonchev–Trinajstić information content (AvgIpc) is 2.14. The Morgan fingerprint density at radius 2 is 2.50 bits per heavy atom. The molecule has 0 aromatic carbocycles. The second kappa shape index (κ2) is 2.29. The van der Waals surface area contributed by atoms with Crippen LogP contribution in [-0.2, 0) is 0 Å². The summed E-state index contributed by atoms with van der Waals surface area (Å²) in [5.41, 5.74) is 1.34. The number of hydrogen-bond acceptors (Lipinski definition) is 1. The molecule has 1 unspecified atom stereocenters. The van der Waals surface area contributed by atoms with Gasteiger partial charge in [0.15, 0.2) is 0 Å². The van der Waals surface area contributed by atoms with Crippen LogP contribution in [0.15, 0.2) is 4.99 Å². The molecule has 0 bridgehead atoms. The van der Waals surface area contributed by atoms with Crippen LogP contribution in [0.5, 0.6) is 0 Å². The summed E-state index contributed by atoms with van der Waals surface area (Å²) in [5.74, 6) is 0. The van der Waals surface area contributed by atoms with Gasteiger partial charge in [-0.2, -0.15) is 0 Å². The van der Waals surface area contributed by atoms with E-state index in [2.05, 4.69) is 18.8 Å². The molecule has 1 heterocycles. The molecule has 0 N–H and O–H groups in total. The summed E-state index contributed by atoms with van der Waals surface area (Å²) in [6.07, 6.45) is 3.75. The normalized spacial score (nSPS) is 28.2. The maximum absolute atomic E-state index is 4.42. The predicted octanol–water partition coefficient (Wildman–Crippen LogP) is 2.02.